The largest absolute Gasteiger partial charge is 0.482 e. The van der Waals surface area contributed by atoms with Crippen LogP contribution >= 0.6 is 11.6 Å². The normalized spacial score (nSPS) is 14.8. The Kier molecular flexibility index (Phi) is 6.27. The van der Waals surface area contributed by atoms with Gasteiger partial charge in [0.05, 0.1) is 0 Å². The Labute approximate surface area is 170 Å². The summed E-state index contributed by atoms with van der Waals surface area (Å²) in [5.74, 6) is -0.255. The van der Waals surface area contributed by atoms with Crippen LogP contribution in [0.5, 0.6) is 5.75 Å². The number of benzene rings is 2. The monoisotopic (exact) mass is 422 g/mol. The van der Waals surface area contributed by atoms with E-state index in [1.165, 1.54) is 16.4 Å². The second kappa shape index (κ2) is 8.51. The van der Waals surface area contributed by atoms with Crippen molar-refractivity contribution in [3.63, 3.8) is 0 Å². The van der Waals surface area contributed by atoms with Crippen LogP contribution in [0.25, 0.3) is 0 Å². The first kappa shape index (κ1) is 20.6. The Hall–Kier alpha value is -2.09. The van der Waals surface area contributed by atoms with E-state index in [4.69, 9.17) is 16.3 Å². The summed E-state index contributed by atoms with van der Waals surface area (Å²) in [4.78, 5) is 12.2. The van der Waals surface area contributed by atoms with Gasteiger partial charge in [0.15, 0.2) is 6.61 Å². The number of nitrogens with one attached hydrogen (secondary N) is 1. The zero-order valence-electron chi connectivity index (χ0n) is 15.9. The lowest BCUT2D eigenvalue weighted by Crippen LogP contribution is -2.28. The number of carbonyl (C=O) groups is 1. The molecule has 0 spiro atoms. The Morgan fingerprint density at radius 2 is 1.82 bits per heavy atom. The number of nitrogens with zero attached hydrogens (tertiary/aromatic N) is 1. The number of halogens is 1. The van der Waals surface area contributed by atoms with Crippen molar-refractivity contribution in [1.29, 1.82) is 0 Å². The van der Waals surface area contributed by atoms with Crippen molar-refractivity contribution in [3.05, 3.63) is 52.5 Å². The van der Waals surface area contributed by atoms with Gasteiger partial charge in [-0.1, -0.05) is 17.7 Å². The third-order valence-electron chi connectivity index (χ3n) is 4.74. The molecule has 1 amide bonds. The van der Waals surface area contributed by atoms with E-state index < -0.39 is 10.0 Å². The fraction of sp³-hybridized carbons (Fsp3) is 0.350. The molecule has 28 heavy (non-hydrogen) atoms. The third kappa shape index (κ3) is 4.66. The molecule has 0 aliphatic carbocycles. The molecule has 6 nitrogen and oxygen atoms in total. The van der Waals surface area contributed by atoms with E-state index in [1.807, 2.05) is 32.0 Å². The van der Waals surface area contributed by atoms with Crippen LogP contribution in [0, 0.1) is 13.8 Å². The smallest absolute Gasteiger partial charge is 0.262 e. The molecule has 2 aromatic carbocycles. The molecule has 0 radical (unpaired) electrons. The lowest BCUT2D eigenvalue weighted by molar-refractivity contribution is -0.118. The van der Waals surface area contributed by atoms with Crippen LogP contribution in [0.15, 0.2) is 41.3 Å². The van der Waals surface area contributed by atoms with Crippen LogP contribution in [-0.4, -0.2) is 38.3 Å². The van der Waals surface area contributed by atoms with Crippen LogP contribution in [0.4, 0.5) is 5.69 Å². The second-order valence-electron chi connectivity index (χ2n) is 6.84. The van der Waals surface area contributed by atoms with Crippen molar-refractivity contribution in [2.24, 2.45) is 0 Å². The Morgan fingerprint density at radius 3 is 2.50 bits per heavy atom. The minimum absolute atomic E-state index is 0.0131. The van der Waals surface area contributed by atoms with Gasteiger partial charge in [-0.3, -0.25) is 4.79 Å². The molecule has 0 unspecified atom stereocenters. The van der Waals surface area contributed by atoms with Crippen molar-refractivity contribution in [2.45, 2.75) is 31.6 Å². The summed E-state index contributed by atoms with van der Waals surface area (Å²) in [5, 5.41) is 3.05. The second-order valence-corrected chi connectivity index (χ2v) is 9.18. The minimum atomic E-state index is -3.72. The number of amides is 1. The highest BCUT2D eigenvalue weighted by atomic mass is 35.5. The molecule has 1 aliphatic heterocycles. The molecule has 2 aromatic rings. The van der Waals surface area contributed by atoms with Crippen LogP contribution in [0.2, 0.25) is 5.02 Å². The van der Waals surface area contributed by atoms with E-state index >= 15 is 0 Å². The van der Waals surface area contributed by atoms with Crippen LogP contribution in [0.1, 0.15) is 24.0 Å². The highest BCUT2D eigenvalue weighted by Gasteiger charge is 2.30. The lowest BCUT2D eigenvalue weighted by atomic mass is 10.1. The van der Waals surface area contributed by atoms with E-state index in [0.29, 0.717) is 23.8 Å². The van der Waals surface area contributed by atoms with Gasteiger partial charge in [0.25, 0.3) is 5.91 Å². The summed E-state index contributed by atoms with van der Waals surface area (Å²) in [7, 11) is -3.72. The van der Waals surface area contributed by atoms with Gasteiger partial charge in [0.1, 0.15) is 10.6 Å². The van der Waals surface area contributed by atoms with Crippen LogP contribution < -0.4 is 10.1 Å². The quantitative estimate of drug-likeness (QED) is 0.769. The third-order valence-corrected chi connectivity index (χ3v) is 6.89. The SMILES string of the molecule is Cc1ccc(NC(=O)COc2ccc(Cl)cc2S(=O)(=O)N2CCCC2)cc1C. The van der Waals surface area contributed by atoms with E-state index in [9.17, 15) is 13.2 Å². The number of rotatable bonds is 6. The van der Waals surface area contributed by atoms with Gasteiger partial charge in [-0.25, -0.2) is 8.42 Å². The maximum atomic E-state index is 12.9. The van der Waals surface area contributed by atoms with Gasteiger partial charge in [0.2, 0.25) is 10.0 Å². The molecule has 0 aromatic heterocycles. The Morgan fingerprint density at radius 1 is 1.11 bits per heavy atom. The molecular weight excluding hydrogens is 400 g/mol. The van der Waals surface area contributed by atoms with Crippen LogP contribution in [-0.2, 0) is 14.8 Å². The molecule has 1 saturated heterocycles. The van der Waals surface area contributed by atoms with Gasteiger partial charge in [-0.05, 0) is 68.1 Å². The van der Waals surface area contributed by atoms with Crippen molar-refractivity contribution in [3.8, 4) is 5.75 Å². The number of anilines is 1. The molecule has 0 bridgehead atoms. The lowest BCUT2D eigenvalue weighted by Gasteiger charge is -2.18. The molecule has 1 fully saturated rings. The molecule has 150 valence electrons. The number of ether oxygens (including phenoxy) is 1. The first-order valence-corrected chi connectivity index (χ1v) is 10.9. The van der Waals surface area contributed by atoms with Crippen molar-refractivity contribution < 1.29 is 17.9 Å². The first-order chi connectivity index (χ1) is 13.3. The molecule has 1 heterocycles. The van der Waals surface area contributed by atoms with Crippen molar-refractivity contribution in [2.75, 3.05) is 25.0 Å². The zero-order valence-corrected chi connectivity index (χ0v) is 17.4. The summed E-state index contributed by atoms with van der Waals surface area (Å²) in [6, 6.07) is 10.00. The number of sulfonamides is 1. The molecule has 3 rings (SSSR count). The predicted octanol–water partition coefficient (Wildman–Crippen LogP) is 3.76. The summed E-state index contributed by atoms with van der Waals surface area (Å²) in [5.41, 5.74) is 2.86. The Balaban J connectivity index is 1.73. The van der Waals surface area contributed by atoms with Gasteiger partial charge in [-0.2, -0.15) is 4.31 Å². The first-order valence-electron chi connectivity index (χ1n) is 9.07. The van der Waals surface area contributed by atoms with Gasteiger partial charge in [-0.15, -0.1) is 0 Å². The average molecular weight is 423 g/mol. The standard InChI is InChI=1S/C20H23ClN2O4S/c1-14-5-7-17(11-15(14)2)22-20(24)13-27-18-8-6-16(21)12-19(18)28(25,26)23-9-3-4-10-23/h5-8,11-12H,3-4,9-10,13H2,1-2H3,(H,22,24). The molecular formula is C20H23ClN2O4S. The maximum Gasteiger partial charge on any atom is 0.262 e. The molecule has 8 heteroatoms. The molecule has 1 aliphatic rings. The number of aryl methyl sites for hydroxylation is 2. The summed E-state index contributed by atoms with van der Waals surface area (Å²) >= 11 is 6.01. The van der Waals surface area contributed by atoms with Crippen LogP contribution in [0.3, 0.4) is 0 Å². The molecule has 0 atom stereocenters. The van der Waals surface area contributed by atoms with Gasteiger partial charge < -0.3 is 10.1 Å². The fourth-order valence-corrected chi connectivity index (χ4v) is 4.94. The molecule has 1 N–H and O–H groups in total. The summed E-state index contributed by atoms with van der Waals surface area (Å²) in [6.45, 7) is 4.60. The average Bonchev–Trinajstić information content (AvgIpc) is 3.19. The highest BCUT2D eigenvalue weighted by molar-refractivity contribution is 7.89. The van der Waals surface area contributed by atoms with Crippen molar-refractivity contribution in [1.82, 2.24) is 4.31 Å². The Bertz CT molecular complexity index is 986. The molecule has 0 saturated carbocycles. The topological polar surface area (TPSA) is 75.7 Å². The number of hydrogen-bond acceptors (Lipinski definition) is 4. The zero-order chi connectivity index (χ0) is 20.3. The van der Waals surface area contributed by atoms with Gasteiger partial charge >= 0.3 is 0 Å². The van der Waals surface area contributed by atoms with Gasteiger partial charge in [0, 0.05) is 23.8 Å². The highest BCUT2D eigenvalue weighted by Crippen LogP contribution is 2.31. The van der Waals surface area contributed by atoms with E-state index in [0.717, 1.165) is 24.0 Å². The fourth-order valence-electron chi connectivity index (χ4n) is 3.03. The summed E-state index contributed by atoms with van der Waals surface area (Å²) < 4.78 is 32.8. The summed E-state index contributed by atoms with van der Waals surface area (Å²) in [6.07, 6.45) is 1.66. The van der Waals surface area contributed by atoms with E-state index in [-0.39, 0.29) is 23.2 Å². The van der Waals surface area contributed by atoms with E-state index in [2.05, 4.69) is 5.32 Å². The number of carbonyl (C=O) groups excluding carboxylic acids is 1. The van der Waals surface area contributed by atoms with E-state index in [1.54, 1.807) is 6.07 Å². The number of hydrogen-bond donors (Lipinski definition) is 1. The van der Waals surface area contributed by atoms with Crippen molar-refractivity contribution >= 4 is 33.2 Å². The minimum Gasteiger partial charge on any atom is -0.482 e. The predicted molar refractivity (Wildman–Crippen MR) is 109 cm³/mol. The maximum absolute atomic E-state index is 12.9.